The first kappa shape index (κ1) is 27.1. The molecule has 212 valence electrons. The first-order valence-electron chi connectivity index (χ1n) is 13.2. The number of ether oxygens (including phenoxy) is 2. The Morgan fingerprint density at radius 3 is 2.79 bits per heavy atom. The second-order valence-corrected chi connectivity index (χ2v) is 9.91. The van der Waals surface area contributed by atoms with Crippen molar-refractivity contribution in [1.82, 2.24) is 29.2 Å². The molecule has 0 aliphatic carbocycles. The van der Waals surface area contributed by atoms with Gasteiger partial charge < -0.3 is 19.1 Å². The first-order chi connectivity index (χ1) is 20.4. The third kappa shape index (κ3) is 5.43. The summed E-state index contributed by atoms with van der Waals surface area (Å²) in [6.45, 7) is 2.84. The van der Waals surface area contributed by atoms with Gasteiger partial charge in [-0.1, -0.05) is 12.1 Å². The number of methoxy groups -OCH3 is 1. The van der Waals surface area contributed by atoms with E-state index in [1.165, 1.54) is 12.1 Å². The number of aromatic nitrogens is 5. The lowest BCUT2D eigenvalue weighted by atomic mass is 10.1. The lowest BCUT2D eigenvalue weighted by Gasteiger charge is -2.16. The maximum atomic E-state index is 14.2. The summed E-state index contributed by atoms with van der Waals surface area (Å²) in [7, 11) is 1.63. The van der Waals surface area contributed by atoms with Crippen molar-refractivity contribution in [2.45, 2.75) is 32.8 Å². The minimum atomic E-state index is -0.980. The average Bonchev–Trinajstić information content (AvgIpc) is 3.66. The number of carboxylic acid groups (broad SMARTS) is 1. The van der Waals surface area contributed by atoms with Crippen LogP contribution in [0.5, 0.6) is 5.88 Å². The van der Waals surface area contributed by atoms with Crippen molar-refractivity contribution in [3.63, 3.8) is 0 Å². The smallest absolute Gasteiger partial charge is 0.335 e. The number of nitrogens with zero attached hydrogens (tertiary/aromatic N) is 7. The van der Waals surface area contributed by atoms with Crippen LogP contribution in [0.15, 0.2) is 60.8 Å². The molecule has 5 aromatic rings. The van der Waals surface area contributed by atoms with Crippen molar-refractivity contribution < 1.29 is 23.8 Å². The molecule has 4 heterocycles. The zero-order valence-electron chi connectivity index (χ0n) is 22.7. The van der Waals surface area contributed by atoms with E-state index in [1.54, 1.807) is 48.2 Å². The van der Waals surface area contributed by atoms with Crippen LogP contribution in [-0.4, -0.2) is 54.0 Å². The van der Waals surface area contributed by atoms with Gasteiger partial charge in [-0.3, -0.25) is 4.90 Å². The van der Waals surface area contributed by atoms with E-state index >= 15 is 0 Å². The van der Waals surface area contributed by atoms with Gasteiger partial charge in [0.15, 0.2) is 5.82 Å². The van der Waals surface area contributed by atoms with Crippen LogP contribution in [-0.2, 0) is 37.5 Å². The standard InChI is InChI=1S/C30H26FN7O4/c1-41-10-9-37-26-12-20(30(39)40)7-8-24(26)33-28(37)17-36-14-22-15-38(35-25(22)16-36)27-3-2-4-29(34-27)42-18-21-6-5-19(13-32)11-23(21)31/h2-8,11-12,15H,9-10,14,16-18H2,1H3,(H,39,40). The highest BCUT2D eigenvalue weighted by Gasteiger charge is 2.25. The van der Waals surface area contributed by atoms with E-state index < -0.39 is 11.8 Å². The fraction of sp³-hybridized carbons (Fsp3) is 0.233. The van der Waals surface area contributed by atoms with E-state index in [9.17, 15) is 14.3 Å². The van der Waals surface area contributed by atoms with Gasteiger partial charge in [0.1, 0.15) is 18.2 Å². The molecule has 3 aromatic heterocycles. The molecule has 0 bridgehead atoms. The molecular formula is C30H26FN7O4. The molecule has 1 aliphatic rings. The molecule has 0 atom stereocenters. The fourth-order valence-corrected chi connectivity index (χ4v) is 5.00. The number of hydrogen-bond donors (Lipinski definition) is 1. The topological polar surface area (TPSA) is 131 Å². The second-order valence-electron chi connectivity index (χ2n) is 9.91. The molecule has 6 rings (SSSR count). The Kier molecular flexibility index (Phi) is 7.35. The number of imidazole rings is 1. The van der Waals surface area contributed by atoms with Gasteiger partial charge >= 0.3 is 5.97 Å². The summed E-state index contributed by atoms with van der Waals surface area (Å²) in [6.07, 6.45) is 1.94. The van der Waals surface area contributed by atoms with Crippen LogP contribution < -0.4 is 4.74 Å². The number of pyridine rings is 1. The fourth-order valence-electron chi connectivity index (χ4n) is 5.00. The molecule has 0 radical (unpaired) electrons. The van der Waals surface area contributed by atoms with Gasteiger partial charge in [-0.05, 0) is 36.4 Å². The van der Waals surface area contributed by atoms with Crippen LogP contribution in [0.3, 0.4) is 0 Å². The van der Waals surface area contributed by atoms with Gasteiger partial charge in [0, 0.05) is 50.1 Å². The van der Waals surface area contributed by atoms with Crippen LogP contribution in [0.4, 0.5) is 4.39 Å². The minimum absolute atomic E-state index is 0.0225. The van der Waals surface area contributed by atoms with Crippen molar-refractivity contribution in [1.29, 1.82) is 5.26 Å². The van der Waals surface area contributed by atoms with Crippen LogP contribution in [0.1, 0.15) is 38.6 Å². The third-order valence-electron chi connectivity index (χ3n) is 7.10. The summed E-state index contributed by atoms with van der Waals surface area (Å²) in [5.41, 5.74) is 4.29. The summed E-state index contributed by atoms with van der Waals surface area (Å²) in [5, 5.41) is 23.1. The number of hydrogen-bond acceptors (Lipinski definition) is 8. The molecule has 12 heteroatoms. The normalized spacial score (nSPS) is 12.9. The minimum Gasteiger partial charge on any atom is -0.478 e. The first-order valence-corrected chi connectivity index (χ1v) is 13.2. The van der Waals surface area contributed by atoms with E-state index in [2.05, 4.69) is 9.88 Å². The Labute approximate surface area is 240 Å². The lowest BCUT2D eigenvalue weighted by Crippen LogP contribution is -2.20. The van der Waals surface area contributed by atoms with Gasteiger partial charge in [-0.15, -0.1) is 0 Å². The van der Waals surface area contributed by atoms with Crippen LogP contribution in [0, 0.1) is 17.1 Å². The van der Waals surface area contributed by atoms with Crippen LogP contribution in [0.25, 0.3) is 16.9 Å². The summed E-state index contributed by atoms with van der Waals surface area (Å²) in [4.78, 5) is 23.1. The number of carboxylic acids is 1. The van der Waals surface area contributed by atoms with E-state index in [0.717, 1.165) is 28.1 Å². The number of benzene rings is 2. The zero-order chi connectivity index (χ0) is 29.2. The van der Waals surface area contributed by atoms with Crippen molar-refractivity contribution in [3.05, 3.63) is 100 Å². The lowest BCUT2D eigenvalue weighted by molar-refractivity contribution is 0.0697. The molecular weight excluding hydrogens is 541 g/mol. The summed E-state index contributed by atoms with van der Waals surface area (Å²) in [6, 6.07) is 16.4. The largest absolute Gasteiger partial charge is 0.478 e. The molecule has 11 nitrogen and oxygen atoms in total. The Hall–Kier alpha value is -5.12. The van der Waals surface area contributed by atoms with E-state index in [0.29, 0.717) is 50.0 Å². The molecule has 42 heavy (non-hydrogen) atoms. The molecule has 0 fully saturated rings. The number of fused-ring (bicyclic) bond motifs is 2. The second kappa shape index (κ2) is 11.4. The monoisotopic (exact) mass is 567 g/mol. The van der Waals surface area contributed by atoms with Crippen LogP contribution in [0.2, 0.25) is 0 Å². The molecule has 0 saturated carbocycles. The number of nitriles is 1. The van der Waals surface area contributed by atoms with E-state index in [-0.39, 0.29) is 17.7 Å². The van der Waals surface area contributed by atoms with Crippen molar-refractivity contribution >= 4 is 17.0 Å². The van der Waals surface area contributed by atoms with Gasteiger partial charge in [0.05, 0.1) is 47.1 Å². The van der Waals surface area contributed by atoms with Crippen molar-refractivity contribution in [2.75, 3.05) is 13.7 Å². The quantitative estimate of drug-likeness (QED) is 0.265. The Morgan fingerprint density at radius 1 is 1.14 bits per heavy atom. The Balaban J connectivity index is 1.15. The zero-order valence-corrected chi connectivity index (χ0v) is 22.7. The predicted molar refractivity (Wildman–Crippen MR) is 148 cm³/mol. The molecule has 1 aliphatic heterocycles. The molecule has 1 N–H and O–H groups in total. The Bertz CT molecular complexity index is 1820. The van der Waals surface area contributed by atoms with Gasteiger partial charge in [0.25, 0.3) is 0 Å². The predicted octanol–water partition coefficient (Wildman–Crippen LogP) is 4.07. The van der Waals surface area contributed by atoms with E-state index in [4.69, 9.17) is 24.8 Å². The van der Waals surface area contributed by atoms with Crippen LogP contribution >= 0.6 is 0 Å². The molecule has 0 saturated heterocycles. The molecule has 0 amide bonds. The SMILES string of the molecule is COCCn1c(CN2Cc3cn(-c4cccc(OCc5ccc(C#N)cc5F)n4)nc3C2)nc2ccc(C(=O)O)cc21. The third-order valence-corrected chi connectivity index (χ3v) is 7.10. The van der Waals surface area contributed by atoms with Crippen molar-refractivity contribution in [2.24, 2.45) is 0 Å². The van der Waals surface area contributed by atoms with Gasteiger partial charge in [-0.2, -0.15) is 15.3 Å². The van der Waals surface area contributed by atoms with E-state index in [1.807, 2.05) is 22.9 Å². The van der Waals surface area contributed by atoms with Crippen molar-refractivity contribution in [3.8, 4) is 17.8 Å². The highest BCUT2D eigenvalue weighted by Crippen LogP contribution is 2.26. The van der Waals surface area contributed by atoms with Gasteiger partial charge in [0.2, 0.25) is 5.88 Å². The maximum Gasteiger partial charge on any atom is 0.335 e. The highest BCUT2D eigenvalue weighted by atomic mass is 19.1. The summed E-state index contributed by atoms with van der Waals surface area (Å²) < 4.78 is 28.9. The number of aromatic carboxylic acids is 1. The number of carbonyl (C=O) groups is 1. The summed E-state index contributed by atoms with van der Waals surface area (Å²) in [5.74, 6) is 0.246. The Morgan fingerprint density at radius 2 is 2.02 bits per heavy atom. The molecule has 0 spiro atoms. The summed E-state index contributed by atoms with van der Waals surface area (Å²) >= 11 is 0. The number of halogens is 1. The molecule has 0 unspecified atom stereocenters. The molecule has 2 aromatic carbocycles. The maximum absolute atomic E-state index is 14.2. The number of rotatable bonds is 10. The average molecular weight is 568 g/mol. The highest BCUT2D eigenvalue weighted by molar-refractivity contribution is 5.92. The van der Waals surface area contributed by atoms with Gasteiger partial charge in [-0.25, -0.2) is 18.9 Å².